The molecule has 2 aromatic carbocycles. The molecule has 0 amide bonds. The molecule has 0 heterocycles. The van der Waals surface area contributed by atoms with Crippen molar-refractivity contribution in [2.75, 3.05) is 19.6 Å². The van der Waals surface area contributed by atoms with Crippen molar-refractivity contribution < 1.29 is 4.74 Å². The van der Waals surface area contributed by atoms with Crippen LogP contribution in [-0.2, 0) is 0 Å². The highest BCUT2D eigenvalue weighted by atomic mass is 16.5. The predicted molar refractivity (Wildman–Crippen MR) is 173 cm³/mol. The first-order valence-electron chi connectivity index (χ1n) is 15.4. The standard InChI is InChI=1S/C20H21NO.C14H31N.C2H6/c1-5-14(2)16(4)20-12-19(10-9-15(20)3)22-18-8-6-7-17(11-18)13-21;1-6-10-15(12-14(5)8-3)11-9-13(4)7-2;1-2/h6-12H,5H2,1-4H3;13-14H,6-12H2,1-5H3;1-2H3/b16-14-;;. The zero-order chi connectivity index (χ0) is 29.8. The summed E-state index contributed by atoms with van der Waals surface area (Å²) in [5.41, 5.74) is 5.74. The van der Waals surface area contributed by atoms with Crippen LogP contribution in [0.2, 0.25) is 0 Å². The quantitative estimate of drug-likeness (QED) is 0.256. The molecule has 0 fully saturated rings. The Morgan fingerprint density at radius 3 is 2.10 bits per heavy atom. The van der Waals surface area contributed by atoms with Crippen LogP contribution in [0, 0.1) is 30.1 Å². The van der Waals surface area contributed by atoms with Crippen LogP contribution in [0.15, 0.2) is 48.0 Å². The van der Waals surface area contributed by atoms with E-state index in [1.54, 1.807) is 12.1 Å². The molecule has 39 heavy (non-hydrogen) atoms. The number of rotatable bonds is 13. The molecule has 2 rings (SSSR count). The zero-order valence-electron chi connectivity index (χ0n) is 27.2. The normalized spacial score (nSPS) is 12.7. The minimum Gasteiger partial charge on any atom is -0.457 e. The monoisotopic (exact) mass is 534 g/mol. The van der Waals surface area contributed by atoms with Gasteiger partial charge in [-0.05, 0) is 112 Å². The predicted octanol–water partition coefficient (Wildman–Crippen LogP) is 11.1. The van der Waals surface area contributed by atoms with Crippen molar-refractivity contribution in [2.24, 2.45) is 11.8 Å². The van der Waals surface area contributed by atoms with E-state index in [-0.39, 0.29) is 0 Å². The summed E-state index contributed by atoms with van der Waals surface area (Å²) in [4.78, 5) is 2.65. The first-order valence-corrected chi connectivity index (χ1v) is 15.4. The summed E-state index contributed by atoms with van der Waals surface area (Å²) in [5.74, 6) is 3.22. The molecular weight excluding hydrogens is 476 g/mol. The Hall–Kier alpha value is -2.57. The lowest BCUT2D eigenvalue weighted by Gasteiger charge is -2.25. The fourth-order valence-electron chi connectivity index (χ4n) is 4.12. The van der Waals surface area contributed by atoms with E-state index < -0.39 is 0 Å². The second-order valence-corrected chi connectivity index (χ2v) is 10.6. The molecule has 2 unspecified atom stereocenters. The van der Waals surface area contributed by atoms with Crippen LogP contribution < -0.4 is 4.74 Å². The number of hydrogen-bond acceptors (Lipinski definition) is 3. The zero-order valence-corrected chi connectivity index (χ0v) is 27.2. The fraction of sp³-hybridized carbons (Fsp3) is 0.583. The van der Waals surface area contributed by atoms with Crippen molar-refractivity contribution in [1.82, 2.24) is 4.90 Å². The van der Waals surface area contributed by atoms with E-state index in [4.69, 9.17) is 10.00 Å². The number of aryl methyl sites for hydroxylation is 1. The van der Waals surface area contributed by atoms with Gasteiger partial charge in [-0.25, -0.2) is 0 Å². The molecule has 0 aliphatic heterocycles. The van der Waals surface area contributed by atoms with Crippen molar-refractivity contribution >= 4 is 5.57 Å². The topological polar surface area (TPSA) is 36.3 Å². The molecule has 3 heteroatoms. The van der Waals surface area contributed by atoms with Gasteiger partial charge in [-0.15, -0.1) is 0 Å². The van der Waals surface area contributed by atoms with Crippen LogP contribution in [0.5, 0.6) is 11.5 Å². The number of hydrogen-bond donors (Lipinski definition) is 0. The van der Waals surface area contributed by atoms with Gasteiger partial charge in [0.25, 0.3) is 0 Å². The highest BCUT2D eigenvalue weighted by Crippen LogP contribution is 2.30. The molecule has 0 spiro atoms. The molecule has 0 saturated heterocycles. The summed E-state index contributed by atoms with van der Waals surface area (Å²) in [7, 11) is 0. The molecule has 2 atom stereocenters. The lowest BCUT2D eigenvalue weighted by Crippen LogP contribution is -2.31. The first-order chi connectivity index (χ1) is 18.7. The van der Waals surface area contributed by atoms with Gasteiger partial charge in [0.15, 0.2) is 0 Å². The number of nitriles is 1. The molecule has 0 N–H and O–H groups in total. The first kappa shape index (κ1) is 36.4. The van der Waals surface area contributed by atoms with Gasteiger partial charge in [-0.3, -0.25) is 0 Å². The SMILES string of the molecule is CC.CC/C(C)=C(/C)c1cc(Oc2cccc(C#N)c2)ccc1C.CCCN(CCC(C)CC)CC(C)CC. The van der Waals surface area contributed by atoms with Crippen molar-refractivity contribution in [1.29, 1.82) is 5.26 Å². The molecule has 0 radical (unpaired) electrons. The number of allylic oxidation sites excluding steroid dienone is 2. The Labute approximate surface area is 242 Å². The Morgan fingerprint density at radius 1 is 0.897 bits per heavy atom. The highest BCUT2D eigenvalue weighted by Gasteiger charge is 2.10. The summed E-state index contributed by atoms with van der Waals surface area (Å²) in [6, 6.07) is 15.4. The summed E-state index contributed by atoms with van der Waals surface area (Å²) >= 11 is 0. The fourth-order valence-corrected chi connectivity index (χ4v) is 4.12. The summed E-state index contributed by atoms with van der Waals surface area (Å²) in [6.45, 7) is 28.1. The molecular formula is C36H58N2O. The Bertz CT molecular complexity index is 1000. The van der Waals surface area contributed by atoms with E-state index in [1.807, 2.05) is 32.0 Å². The third-order valence-corrected chi connectivity index (χ3v) is 7.42. The van der Waals surface area contributed by atoms with Gasteiger partial charge in [-0.1, -0.05) is 85.9 Å². The average Bonchev–Trinajstić information content (AvgIpc) is 2.97. The van der Waals surface area contributed by atoms with E-state index in [9.17, 15) is 0 Å². The number of nitrogens with zero attached hydrogens (tertiary/aromatic N) is 2. The maximum atomic E-state index is 8.96. The van der Waals surface area contributed by atoms with Crippen molar-refractivity contribution in [2.45, 2.75) is 108 Å². The molecule has 2 aromatic rings. The van der Waals surface area contributed by atoms with Gasteiger partial charge in [0.05, 0.1) is 11.6 Å². The van der Waals surface area contributed by atoms with E-state index in [2.05, 4.69) is 85.4 Å². The minimum absolute atomic E-state index is 0.600. The van der Waals surface area contributed by atoms with Gasteiger partial charge >= 0.3 is 0 Å². The minimum atomic E-state index is 0.600. The van der Waals surface area contributed by atoms with E-state index in [0.29, 0.717) is 11.3 Å². The van der Waals surface area contributed by atoms with E-state index >= 15 is 0 Å². The summed E-state index contributed by atoms with van der Waals surface area (Å²) < 4.78 is 5.91. The largest absolute Gasteiger partial charge is 0.457 e. The lowest BCUT2D eigenvalue weighted by molar-refractivity contribution is 0.220. The van der Waals surface area contributed by atoms with Gasteiger partial charge < -0.3 is 9.64 Å². The van der Waals surface area contributed by atoms with Crippen molar-refractivity contribution in [3.8, 4) is 17.6 Å². The van der Waals surface area contributed by atoms with Gasteiger partial charge in [0.1, 0.15) is 11.5 Å². The van der Waals surface area contributed by atoms with Crippen LogP contribution in [0.3, 0.4) is 0 Å². The van der Waals surface area contributed by atoms with Crippen LogP contribution in [-0.4, -0.2) is 24.5 Å². The highest BCUT2D eigenvalue weighted by molar-refractivity contribution is 5.70. The Morgan fingerprint density at radius 2 is 1.54 bits per heavy atom. The molecule has 0 aliphatic rings. The van der Waals surface area contributed by atoms with Gasteiger partial charge in [0, 0.05) is 6.54 Å². The second kappa shape index (κ2) is 21.3. The lowest BCUT2D eigenvalue weighted by atomic mass is 9.96. The van der Waals surface area contributed by atoms with Crippen LogP contribution in [0.1, 0.15) is 118 Å². The third kappa shape index (κ3) is 14.4. The number of ether oxygens (including phenoxy) is 1. The van der Waals surface area contributed by atoms with Gasteiger partial charge in [0.2, 0.25) is 0 Å². The maximum absolute atomic E-state index is 8.96. The third-order valence-electron chi connectivity index (χ3n) is 7.42. The molecule has 0 aromatic heterocycles. The van der Waals surface area contributed by atoms with E-state index in [0.717, 1.165) is 24.0 Å². The smallest absolute Gasteiger partial charge is 0.128 e. The maximum Gasteiger partial charge on any atom is 0.128 e. The number of benzene rings is 2. The van der Waals surface area contributed by atoms with E-state index in [1.165, 1.54) is 67.6 Å². The van der Waals surface area contributed by atoms with Crippen LogP contribution in [0.25, 0.3) is 5.57 Å². The van der Waals surface area contributed by atoms with Crippen LogP contribution >= 0.6 is 0 Å². The molecule has 0 aliphatic carbocycles. The molecule has 3 nitrogen and oxygen atoms in total. The van der Waals surface area contributed by atoms with Crippen molar-refractivity contribution in [3.63, 3.8) is 0 Å². The average molecular weight is 535 g/mol. The molecule has 218 valence electrons. The van der Waals surface area contributed by atoms with Crippen molar-refractivity contribution in [3.05, 3.63) is 64.7 Å². The summed E-state index contributed by atoms with van der Waals surface area (Å²) in [6.07, 6.45) is 6.33. The van der Waals surface area contributed by atoms with Crippen LogP contribution in [0.4, 0.5) is 0 Å². The molecule has 0 saturated carbocycles. The summed E-state index contributed by atoms with van der Waals surface area (Å²) in [5, 5.41) is 8.96. The Balaban J connectivity index is 0.000000746. The van der Waals surface area contributed by atoms with Gasteiger partial charge in [-0.2, -0.15) is 5.26 Å². The Kier molecular flexibility index (Phi) is 19.9. The second-order valence-electron chi connectivity index (χ2n) is 10.6. The molecule has 0 bridgehead atoms.